The van der Waals surface area contributed by atoms with Crippen LogP contribution in [-0.4, -0.2) is 62.7 Å². The topological polar surface area (TPSA) is 153 Å². The first-order chi connectivity index (χ1) is 13.9. The monoisotopic (exact) mass is 400 g/mol. The predicted octanol–water partition coefficient (Wildman–Crippen LogP) is -0.0906. The molecule has 0 saturated carbocycles. The Balaban J connectivity index is 1.88. The normalized spacial score (nSPS) is 15.4. The van der Waals surface area contributed by atoms with Crippen molar-refractivity contribution in [1.82, 2.24) is 4.98 Å². The fourth-order valence-corrected chi connectivity index (χ4v) is 2.87. The van der Waals surface area contributed by atoms with Gasteiger partial charge in [0.25, 0.3) is 0 Å². The molecule has 0 spiro atoms. The van der Waals surface area contributed by atoms with Crippen LogP contribution in [0.25, 0.3) is 22.1 Å². The Morgan fingerprint density at radius 3 is 2.45 bits per heavy atom. The van der Waals surface area contributed by atoms with Gasteiger partial charge in [-0.15, -0.1) is 0 Å². The summed E-state index contributed by atoms with van der Waals surface area (Å²) in [5.74, 6) is 0. The second-order valence-corrected chi connectivity index (χ2v) is 6.47. The number of anilines is 1. The van der Waals surface area contributed by atoms with Crippen molar-refractivity contribution in [3.8, 4) is 11.1 Å². The molecule has 9 nitrogen and oxygen atoms in total. The SMILES string of the molecule is O=C[C@H](Nc1ccc2cc(-c3ccncc3)c(=O)oc2c1)[C@@H](O)[C@H](O)[C@H](O)CO. The number of rotatable bonds is 8. The molecule has 152 valence electrons. The van der Waals surface area contributed by atoms with Crippen molar-refractivity contribution < 1.29 is 29.6 Å². The van der Waals surface area contributed by atoms with Crippen LogP contribution in [0, 0.1) is 0 Å². The Morgan fingerprint density at radius 2 is 1.79 bits per heavy atom. The van der Waals surface area contributed by atoms with Crippen molar-refractivity contribution in [3.63, 3.8) is 0 Å². The Bertz CT molecular complexity index is 1040. The molecule has 9 heteroatoms. The number of hydrogen-bond acceptors (Lipinski definition) is 9. The molecule has 3 aromatic rings. The number of fused-ring (bicyclic) bond motifs is 1. The third kappa shape index (κ3) is 4.49. The number of carbonyl (C=O) groups excluding carboxylic acids is 1. The molecular formula is C20H20N2O7. The quantitative estimate of drug-likeness (QED) is 0.258. The van der Waals surface area contributed by atoms with Crippen LogP contribution < -0.4 is 10.9 Å². The van der Waals surface area contributed by atoms with E-state index in [2.05, 4.69) is 10.3 Å². The molecule has 0 radical (unpaired) electrons. The molecule has 5 N–H and O–H groups in total. The number of aliphatic hydroxyl groups excluding tert-OH is 4. The predicted molar refractivity (Wildman–Crippen MR) is 104 cm³/mol. The molecular weight excluding hydrogens is 380 g/mol. The molecule has 0 aliphatic rings. The van der Waals surface area contributed by atoms with E-state index >= 15 is 0 Å². The van der Waals surface area contributed by atoms with Gasteiger partial charge in [-0.05, 0) is 35.9 Å². The van der Waals surface area contributed by atoms with Crippen molar-refractivity contribution in [2.75, 3.05) is 11.9 Å². The molecule has 0 aliphatic carbocycles. The summed E-state index contributed by atoms with van der Waals surface area (Å²) in [6, 6.07) is 8.53. The summed E-state index contributed by atoms with van der Waals surface area (Å²) in [5.41, 5.74) is 1.10. The first-order valence-electron chi connectivity index (χ1n) is 8.79. The molecule has 0 bridgehead atoms. The standard InChI is InChI=1S/C20H20N2O7/c23-9-15(18(26)19(27)16(25)10-24)22-13-2-1-12-7-14(11-3-5-21-6-4-11)20(28)29-17(12)8-13/h1-9,15-16,18-19,22,24-27H,10H2/t15-,16+,18+,19+/m0/s1. The summed E-state index contributed by atoms with van der Waals surface area (Å²) in [6.45, 7) is -0.773. The maximum Gasteiger partial charge on any atom is 0.344 e. The minimum atomic E-state index is -1.73. The van der Waals surface area contributed by atoms with Crippen LogP contribution in [0.1, 0.15) is 0 Å². The van der Waals surface area contributed by atoms with E-state index in [1.54, 1.807) is 42.7 Å². The molecule has 4 atom stereocenters. The van der Waals surface area contributed by atoms with Crippen molar-refractivity contribution in [2.45, 2.75) is 24.4 Å². The van der Waals surface area contributed by atoms with Crippen molar-refractivity contribution in [1.29, 1.82) is 0 Å². The fourth-order valence-electron chi connectivity index (χ4n) is 2.87. The average Bonchev–Trinajstić information content (AvgIpc) is 2.75. The summed E-state index contributed by atoms with van der Waals surface area (Å²) in [6.07, 6.45) is -1.51. The van der Waals surface area contributed by atoms with E-state index in [9.17, 15) is 24.9 Å². The van der Waals surface area contributed by atoms with E-state index in [1.165, 1.54) is 6.07 Å². The molecule has 0 saturated heterocycles. The van der Waals surface area contributed by atoms with Gasteiger partial charge in [-0.1, -0.05) is 0 Å². The van der Waals surface area contributed by atoms with Gasteiger partial charge in [0.15, 0.2) is 0 Å². The van der Waals surface area contributed by atoms with Crippen molar-refractivity contribution in [2.24, 2.45) is 0 Å². The molecule has 0 unspecified atom stereocenters. The van der Waals surface area contributed by atoms with E-state index < -0.39 is 36.6 Å². The second kappa shape index (κ2) is 8.93. The van der Waals surface area contributed by atoms with E-state index in [-0.39, 0.29) is 5.58 Å². The van der Waals surface area contributed by atoms with Crippen LogP contribution >= 0.6 is 0 Å². The summed E-state index contributed by atoms with van der Waals surface area (Å²) < 4.78 is 5.38. The summed E-state index contributed by atoms with van der Waals surface area (Å²) >= 11 is 0. The first-order valence-corrected chi connectivity index (χ1v) is 8.79. The van der Waals surface area contributed by atoms with Crippen LogP contribution in [0.4, 0.5) is 5.69 Å². The first kappa shape index (κ1) is 20.6. The largest absolute Gasteiger partial charge is 0.422 e. The highest BCUT2D eigenvalue weighted by atomic mass is 16.4. The molecule has 2 aromatic heterocycles. The molecule has 0 aliphatic heterocycles. The van der Waals surface area contributed by atoms with Gasteiger partial charge >= 0.3 is 5.63 Å². The van der Waals surface area contributed by atoms with Gasteiger partial charge in [-0.3, -0.25) is 4.98 Å². The van der Waals surface area contributed by atoms with Gasteiger partial charge in [0, 0.05) is 29.5 Å². The number of nitrogens with one attached hydrogen (secondary N) is 1. The zero-order valence-electron chi connectivity index (χ0n) is 15.2. The molecule has 0 amide bonds. The van der Waals surface area contributed by atoms with Crippen molar-refractivity contribution in [3.05, 3.63) is 59.2 Å². The molecule has 29 heavy (non-hydrogen) atoms. The zero-order valence-corrected chi connectivity index (χ0v) is 15.2. The van der Waals surface area contributed by atoms with Crippen LogP contribution in [0.5, 0.6) is 0 Å². The van der Waals surface area contributed by atoms with Crippen LogP contribution in [-0.2, 0) is 4.79 Å². The van der Waals surface area contributed by atoms with Gasteiger partial charge in [-0.2, -0.15) is 0 Å². The number of pyridine rings is 1. The lowest BCUT2D eigenvalue weighted by Crippen LogP contribution is -2.49. The lowest BCUT2D eigenvalue weighted by molar-refractivity contribution is -0.117. The Kier molecular flexibility index (Phi) is 6.35. The van der Waals surface area contributed by atoms with Crippen LogP contribution in [0.2, 0.25) is 0 Å². The van der Waals surface area contributed by atoms with Gasteiger partial charge < -0.3 is 35.0 Å². The summed E-state index contributed by atoms with van der Waals surface area (Å²) in [5, 5.41) is 41.5. The second-order valence-electron chi connectivity index (χ2n) is 6.47. The minimum absolute atomic E-state index is 0.257. The van der Waals surface area contributed by atoms with Gasteiger partial charge in [0.1, 0.15) is 36.2 Å². The Labute approximate surface area is 164 Å². The highest BCUT2D eigenvalue weighted by Gasteiger charge is 2.31. The number of benzene rings is 1. The Hall–Kier alpha value is -3.11. The number of aromatic nitrogens is 1. The number of aliphatic hydroxyl groups is 4. The molecule has 0 fully saturated rings. The van der Waals surface area contributed by atoms with E-state index in [1.807, 2.05) is 0 Å². The van der Waals surface area contributed by atoms with E-state index in [0.29, 0.717) is 28.5 Å². The van der Waals surface area contributed by atoms with Crippen LogP contribution in [0.3, 0.4) is 0 Å². The lowest BCUT2D eigenvalue weighted by Gasteiger charge is -2.26. The average molecular weight is 400 g/mol. The lowest BCUT2D eigenvalue weighted by atomic mass is 10.0. The van der Waals surface area contributed by atoms with Crippen LogP contribution in [0.15, 0.2) is 58.0 Å². The summed E-state index contributed by atoms with van der Waals surface area (Å²) in [7, 11) is 0. The minimum Gasteiger partial charge on any atom is -0.422 e. The number of carbonyl (C=O) groups is 1. The summed E-state index contributed by atoms with van der Waals surface area (Å²) in [4.78, 5) is 27.6. The third-order valence-corrected chi connectivity index (χ3v) is 4.51. The van der Waals surface area contributed by atoms with E-state index in [4.69, 9.17) is 9.52 Å². The van der Waals surface area contributed by atoms with Gasteiger partial charge in [0.05, 0.1) is 12.2 Å². The van der Waals surface area contributed by atoms with Crippen molar-refractivity contribution >= 4 is 22.9 Å². The highest BCUT2D eigenvalue weighted by molar-refractivity contribution is 5.84. The number of aldehydes is 1. The smallest absolute Gasteiger partial charge is 0.344 e. The fraction of sp³-hybridized carbons (Fsp3) is 0.250. The Morgan fingerprint density at radius 1 is 1.07 bits per heavy atom. The molecule has 3 rings (SSSR count). The third-order valence-electron chi connectivity index (χ3n) is 4.51. The van der Waals surface area contributed by atoms with Gasteiger partial charge in [0.2, 0.25) is 0 Å². The highest BCUT2D eigenvalue weighted by Crippen LogP contribution is 2.24. The van der Waals surface area contributed by atoms with E-state index in [0.717, 1.165) is 0 Å². The molecule has 1 aromatic carbocycles. The number of nitrogens with zero attached hydrogens (tertiary/aromatic N) is 1. The van der Waals surface area contributed by atoms with Gasteiger partial charge in [-0.25, -0.2) is 4.79 Å². The zero-order chi connectivity index (χ0) is 21.0. The molecule has 2 heterocycles. The number of hydrogen-bond donors (Lipinski definition) is 5. The maximum atomic E-state index is 12.3. The maximum absolute atomic E-state index is 12.3.